The van der Waals surface area contributed by atoms with Crippen molar-refractivity contribution < 1.29 is 0 Å². The lowest BCUT2D eigenvalue weighted by Gasteiger charge is -2.17. The van der Waals surface area contributed by atoms with Crippen LogP contribution in [0.25, 0.3) is 28.0 Å². The third kappa shape index (κ3) is 3.81. The van der Waals surface area contributed by atoms with Crippen LogP contribution < -0.4 is 10.5 Å². The Kier molecular flexibility index (Phi) is 5.48. The standard InChI is InChI=1S/C27H24ClN5/c1-31(2)24-12-6-4-10-21(24)23-16-15-20(17-30-23)33-26-14-8-7-13-25(26)32(27(33)29)18-19-9-3-5-11-22(19)28/h3-17,29H,18H2,1-2H3. The topological polar surface area (TPSA) is 49.8 Å². The highest BCUT2D eigenvalue weighted by atomic mass is 35.5. The number of para-hydroxylation sites is 3. The number of imidazole rings is 1. The first-order valence-electron chi connectivity index (χ1n) is 10.8. The number of aromatic nitrogens is 3. The Morgan fingerprint density at radius 1 is 0.848 bits per heavy atom. The Morgan fingerprint density at radius 2 is 1.55 bits per heavy atom. The van der Waals surface area contributed by atoms with Gasteiger partial charge in [0.25, 0.3) is 0 Å². The zero-order chi connectivity index (χ0) is 22.9. The summed E-state index contributed by atoms with van der Waals surface area (Å²) in [6.45, 7) is 0.522. The molecule has 0 radical (unpaired) electrons. The van der Waals surface area contributed by atoms with Crippen molar-refractivity contribution in [2.24, 2.45) is 0 Å². The second-order valence-corrected chi connectivity index (χ2v) is 8.55. The van der Waals surface area contributed by atoms with E-state index >= 15 is 0 Å². The highest BCUT2D eigenvalue weighted by molar-refractivity contribution is 6.31. The van der Waals surface area contributed by atoms with Gasteiger partial charge in [-0.1, -0.05) is 60.1 Å². The van der Waals surface area contributed by atoms with Gasteiger partial charge in [0.1, 0.15) is 0 Å². The van der Waals surface area contributed by atoms with Gasteiger partial charge in [-0.2, -0.15) is 0 Å². The molecule has 0 aliphatic heterocycles. The normalized spacial score (nSPS) is 11.1. The number of nitrogens with one attached hydrogen (secondary N) is 1. The minimum absolute atomic E-state index is 0.374. The zero-order valence-electron chi connectivity index (χ0n) is 18.5. The SMILES string of the molecule is CN(C)c1ccccc1-c1ccc(-n2c(=N)n(Cc3ccccc3Cl)c3ccccc32)cn1. The van der Waals surface area contributed by atoms with E-state index in [0.717, 1.165) is 39.2 Å². The summed E-state index contributed by atoms with van der Waals surface area (Å²) < 4.78 is 3.91. The molecule has 164 valence electrons. The van der Waals surface area contributed by atoms with Gasteiger partial charge in [0, 0.05) is 30.4 Å². The fourth-order valence-electron chi connectivity index (χ4n) is 4.21. The predicted molar refractivity (Wildman–Crippen MR) is 135 cm³/mol. The second-order valence-electron chi connectivity index (χ2n) is 8.14. The van der Waals surface area contributed by atoms with E-state index in [1.54, 1.807) is 0 Å². The number of benzene rings is 3. The van der Waals surface area contributed by atoms with E-state index in [4.69, 9.17) is 22.0 Å². The Labute approximate surface area is 197 Å². The van der Waals surface area contributed by atoms with Crippen LogP contribution in [0.5, 0.6) is 0 Å². The molecule has 6 heteroatoms. The first-order chi connectivity index (χ1) is 16.0. The monoisotopic (exact) mass is 453 g/mol. The molecule has 0 saturated carbocycles. The molecule has 0 bridgehead atoms. The number of hydrogen-bond donors (Lipinski definition) is 1. The Bertz CT molecular complexity index is 1500. The van der Waals surface area contributed by atoms with Crippen molar-refractivity contribution in [1.29, 1.82) is 5.41 Å². The number of nitrogens with zero attached hydrogens (tertiary/aromatic N) is 4. The van der Waals surface area contributed by atoms with Crippen molar-refractivity contribution in [1.82, 2.24) is 14.1 Å². The van der Waals surface area contributed by atoms with Gasteiger partial charge in [-0.3, -0.25) is 15.0 Å². The largest absolute Gasteiger partial charge is 0.377 e. The molecule has 0 atom stereocenters. The minimum Gasteiger partial charge on any atom is -0.377 e. The summed E-state index contributed by atoms with van der Waals surface area (Å²) in [7, 11) is 4.06. The van der Waals surface area contributed by atoms with E-state index in [1.165, 1.54) is 0 Å². The number of rotatable bonds is 5. The maximum atomic E-state index is 8.99. The van der Waals surface area contributed by atoms with Crippen molar-refractivity contribution in [3.05, 3.63) is 107 Å². The number of anilines is 1. The third-order valence-corrected chi connectivity index (χ3v) is 6.20. The molecule has 3 aromatic carbocycles. The predicted octanol–water partition coefficient (Wildman–Crippen LogP) is 5.74. The van der Waals surface area contributed by atoms with Gasteiger partial charge in [0.2, 0.25) is 5.62 Å². The molecule has 5 aromatic rings. The summed E-state index contributed by atoms with van der Waals surface area (Å²) in [4.78, 5) is 6.85. The van der Waals surface area contributed by atoms with Gasteiger partial charge in [0.15, 0.2) is 0 Å². The van der Waals surface area contributed by atoms with E-state index in [1.807, 2.05) is 102 Å². The summed E-state index contributed by atoms with van der Waals surface area (Å²) in [6, 6.07) is 28.1. The second kappa shape index (κ2) is 8.60. The summed E-state index contributed by atoms with van der Waals surface area (Å²) in [6.07, 6.45) is 1.84. The van der Waals surface area contributed by atoms with E-state index in [2.05, 4.69) is 17.0 Å². The smallest absolute Gasteiger partial charge is 0.208 e. The van der Waals surface area contributed by atoms with Crippen LogP contribution in [0.4, 0.5) is 5.69 Å². The Balaban J connectivity index is 1.61. The van der Waals surface area contributed by atoms with Gasteiger partial charge in [-0.05, 0) is 42.0 Å². The molecule has 0 fully saturated rings. The van der Waals surface area contributed by atoms with Gasteiger partial charge in [-0.25, -0.2) is 0 Å². The molecule has 2 aromatic heterocycles. The van der Waals surface area contributed by atoms with Gasteiger partial charge in [0.05, 0.1) is 35.2 Å². The highest BCUT2D eigenvalue weighted by Gasteiger charge is 2.14. The minimum atomic E-state index is 0.374. The van der Waals surface area contributed by atoms with Crippen molar-refractivity contribution in [2.75, 3.05) is 19.0 Å². The number of fused-ring (bicyclic) bond motifs is 1. The molecule has 0 unspecified atom stereocenters. The molecule has 0 saturated heterocycles. The van der Waals surface area contributed by atoms with E-state index < -0.39 is 0 Å². The quantitative estimate of drug-likeness (QED) is 0.369. The van der Waals surface area contributed by atoms with Crippen LogP contribution in [0.2, 0.25) is 5.02 Å². The van der Waals surface area contributed by atoms with E-state index in [9.17, 15) is 0 Å². The first-order valence-corrected chi connectivity index (χ1v) is 11.1. The van der Waals surface area contributed by atoms with Gasteiger partial charge in [-0.15, -0.1) is 0 Å². The summed E-state index contributed by atoms with van der Waals surface area (Å²) >= 11 is 6.42. The van der Waals surface area contributed by atoms with Crippen LogP contribution in [0.3, 0.4) is 0 Å². The molecular weight excluding hydrogens is 430 g/mol. The lowest BCUT2D eigenvalue weighted by molar-refractivity contribution is 0.723. The molecule has 2 heterocycles. The summed E-state index contributed by atoms with van der Waals surface area (Å²) in [5.41, 5.74) is 7.22. The Hall–Kier alpha value is -3.83. The van der Waals surface area contributed by atoms with Crippen LogP contribution in [-0.2, 0) is 6.54 Å². The maximum Gasteiger partial charge on any atom is 0.208 e. The van der Waals surface area contributed by atoms with Crippen LogP contribution in [0, 0.1) is 5.41 Å². The molecule has 0 amide bonds. The number of pyridine rings is 1. The van der Waals surface area contributed by atoms with Crippen LogP contribution in [-0.4, -0.2) is 28.2 Å². The molecule has 0 spiro atoms. The van der Waals surface area contributed by atoms with Gasteiger partial charge >= 0.3 is 0 Å². The van der Waals surface area contributed by atoms with E-state index in [0.29, 0.717) is 17.2 Å². The van der Waals surface area contributed by atoms with Crippen LogP contribution >= 0.6 is 11.6 Å². The molecule has 1 N–H and O–H groups in total. The fraction of sp³-hybridized carbons (Fsp3) is 0.111. The van der Waals surface area contributed by atoms with E-state index in [-0.39, 0.29) is 0 Å². The van der Waals surface area contributed by atoms with Crippen LogP contribution in [0.15, 0.2) is 91.1 Å². The lowest BCUT2D eigenvalue weighted by atomic mass is 10.1. The zero-order valence-corrected chi connectivity index (χ0v) is 19.3. The first kappa shape index (κ1) is 21.0. The molecule has 0 aliphatic rings. The van der Waals surface area contributed by atoms with Crippen molar-refractivity contribution >= 4 is 28.3 Å². The van der Waals surface area contributed by atoms with Crippen molar-refractivity contribution in [2.45, 2.75) is 6.54 Å². The molecule has 0 aliphatic carbocycles. The number of halogens is 1. The summed E-state index contributed by atoms with van der Waals surface area (Å²) in [5, 5.41) is 9.69. The fourth-order valence-corrected chi connectivity index (χ4v) is 4.40. The number of hydrogen-bond acceptors (Lipinski definition) is 3. The van der Waals surface area contributed by atoms with Gasteiger partial charge < -0.3 is 9.47 Å². The maximum absolute atomic E-state index is 8.99. The average Bonchev–Trinajstić information content (AvgIpc) is 3.12. The van der Waals surface area contributed by atoms with Crippen molar-refractivity contribution in [3.63, 3.8) is 0 Å². The van der Waals surface area contributed by atoms with Crippen LogP contribution in [0.1, 0.15) is 5.56 Å². The molecule has 33 heavy (non-hydrogen) atoms. The highest BCUT2D eigenvalue weighted by Crippen LogP contribution is 2.29. The molecule has 5 nitrogen and oxygen atoms in total. The molecular formula is C27H24ClN5. The average molecular weight is 454 g/mol. The summed E-state index contributed by atoms with van der Waals surface area (Å²) in [5.74, 6) is 0. The molecule has 5 rings (SSSR count). The third-order valence-electron chi connectivity index (χ3n) is 5.84. The Morgan fingerprint density at radius 3 is 2.27 bits per heavy atom. The van der Waals surface area contributed by atoms with Crippen molar-refractivity contribution in [3.8, 4) is 16.9 Å². The lowest BCUT2D eigenvalue weighted by Crippen LogP contribution is -2.24.